The highest BCUT2D eigenvalue weighted by Crippen LogP contribution is 2.18. The number of hydrogen-bond acceptors (Lipinski definition) is 4. The molecule has 1 aliphatic rings. The molecule has 2 aromatic carbocycles. The number of hydrogen-bond donors (Lipinski definition) is 1. The smallest absolute Gasteiger partial charge is 0.322 e. The van der Waals surface area contributed by atoms with Crippen molar-refractivity contribution in [1.82, 2.24) is 9.80 Å². The molecule has 3 amide bonds. The topological polar surface area (TPSA) is 61.9 Å². The van der Waals surface area contributed by atoms with Crippen molar-refractivity contribution in [1.29, 1.82) is 0 Å². The van der Waals surface area contributed by atoms with Crippen LogP contribution in [0.3, 0.4) is 0 Å². The third-order valence-corrected chi connectivity index (χ3v) is 7.00. The van der Waals surface area contributed by atoms with Gasteiger partial charge in [-0.3, -0.25) is 4.79 Å². The van der Waals surface area contributed by atoms with Gasteiger partial charge in [0.2, 0.25) is 5.91 Å². The summed E-state index contributed by atoms with van der Waals surface area (Å²) in [7, 11) is 0. The van der Waals surface area contributed by atoms with E-state index in [-0.39, 0.29) is 24.6 Å². The second kappa shape index (κ2) is 12.5. The molecule has 1 fully saturated rings. The molecule has 35 heavy (non-hydrogen) atoms. The minimum absolute atomic E-state index is 0.00261. The van der Waals surface area contributed by atoms with Gasteiger partial charge >= 0.3 is 6.03 Å². The highest BCUT2D eigenvalue weighted by molar-refractivity contribution is 7.09. The Morgan fingerprint density at radius 3 is 2.54 bits per heavy atom. The van der Waals surface area contributed by atoms with Crippen molar-refractivity contribution in [2.75, 3.05) is 25.0 Å². The van der Waals surface area contributed by atoms with Gasteiger partial charge in [-0.1, -0.05) is 55.5 Å². The van der Waals surface area contributed by atoms with Gasteiger partial charge in [-0.25, -0.2) is 4.79 Å². The first kappa shape index (κ1) is 24.9. The molecule has 6 nitrogen and oxygen atoms in total. The van der Waals surface area contributed by atoms with Gasteiger partial charge in [0.25, 0.3) is 0 Å². The number of thiophene rings is 1. The van der Waals surface area contributed by atoms with E-state index in [2.05, 4.69) is 12.2 Å². The highest BCUT2D eigenvalue weighted by Gasteiger charge is 2.27. The summed E-state index contributed by atoms with van der Waals surface area (Å²) in [5.41, 5.74) is 2.94. The summed E-state index contributed by atoms with van der Waals surface area (Å²) in [6.07, 6.45) is 2.71. The van der Waals surface area contributed by atoms with Crippen LogP contribution in [-0.4, -0.2) is 47.5 Å². The second-order valence-corrected chi connectivity index (χ2v) is 9.85. The molecule has 1 unspecified atom stereocenters. The van der Waals surface area contributed by atoms with Crippen molar-refractivity contribution in [3.63, 3.8) is 0 Å². The van der Waals surface area contributed by atoms with E-state index in [1.165, 1.54) is 0 Å². The number of aryl methyl sites for hydroxylation is 1. The number of nitrogens with one attached hydrogen (secondary N) is 1. The number of amides is 3. The van der Waals surface area contributed by atoms with E-state index in [1.807, 2.05) is 77.0 Å². The summed E-state index contributed by atoms with van der Waals surface area (Å²) in [5.74, 6) is -0.0855. The van der Waals surface area contributed by atoms with Crippen molar-refractivity contribution >= 4 is 29.0 Å². The van der Waals surface area contributed by atoms with E-state index >= 15 is 0 Å². The number of benzene rings is 2. The number of rotatable bonds is 10. The molecule has 3 aromatic rings. The number of carbonyl (C=O) groups is 2. The van der Waals surface area contributed by atoms with Crippen LogP contribution >= 0.6 is 11.3 Å². The fourth-order valence-electron chi connectivity index (χ4n) is 4.21. The lowest BCUT2D eigenvalue weighted by atomic mass is 10.1. The van der Waals surface area contributed by atoms with Crippen LogP contribution in [-0.2, 0) is 29.0 Å². The minimum atomic E-state index is -0.280. The van der Waals surface area contributed by atoms with Gasteiger partial charge in [0.1, 0.15) is 6.54 Å². The molecule has 1 atom stereocenters. The Morgan fingerprint density at radius 2 is 1.83 bits per heavy atom. The molecule has 0 radical (unpaired) electrons. The maximum Gasteiger partial charge on any atom is 0.322 e. The Morgan fingerprint density at radius 1 is 1.00 bits per heavy atom. The minimum Gasteiger partial charge on any atom is -0.376 e. The molecule has 1 N–H and O–H groups in total. The van der Waals surface area contributed by atoms with Gasteiger partial charge in [-0.15, -0.1) is 11.3 Å². The van der Waals surface area contributed by atoms with Gasteiger partial charge in [0.05, 0.1) is 12.6 Å². The maximum atomic E-state index is 13.6. The monoisotopic (exact) mass is 491 g/mol. The Hall–Kier alpha value is -3.16. The Labute approximate surface area is 211 Å². The standard InChI is InChI=1S/C28H33N3O3S/c1-2-22-11-6-12-24(17-22)29-28(33)31(19-25-13-7-15-34-25)21-27(32)30(20-26-14-8-16-35-26)18-23-9-4-3-5-10-23/h3-6,8-12,14,16-17,25H,2,7,13,15,18-21H2,1H3,(H,29,33). The van der Waals surface area contributed by atoms with Crippen LogP contribution in [0.5, 0.6) is 0 Å². The largest absolute Gasteiger partial charge is 0.376 e. The zero-order chi connectivity index (χ0) is 24.5. The van der Waals surface area contributed by atoms with Crippen molar-refractivity contribution in [2.45, 2.75) is 45.4 Å². The Balaban J connectivity index is 1.50. The van der Waals surface area contributed by atoms with Crippen LogP contribution in [0.1, 0.15) is 35.8 Å². The number of carbonyl (C=O) groups excluding carboxylic acids is 2. The van der Waals surface area contributed by atoms with Crippen LogP contribution in [0, 0.1) is 0 Å². The summed E-state index contributed by atoms with van der Waals surface area (Å²) < 4.78 is 5.80. The third-order valence-electron chi connectivity index (χ3n) is 6.14. The van der Waals surface area contributed by atoms with Crippen LogP contribution < -0.4 is 5.32 Å². The Kier molecular flexibility index (Phi) is 8.92. The lowest BCUT2D eigenvalue weighted by Gasteiger charge is -2.29. The van der Waals surface area contributed by atoms with E-state index in [9.17, 15) is 9.59 Å². The first-order chi connectivity index (χ1) is 17.1. The van der Waals surface area contributed by atoms with Gasteiger partial charge in [-0.2, -0.15) is 0 Å². The molecule has 1 aromatic heterocycles. The summed E-state index contributed by atoms with van der Waals surface area (Å²) in [6, 6.07) is 21.5. The van der Waals surface area contributed by atoms with Crippen LogP contribution in [0.25, 0.3) is 0 Å². The molecular formula is C28H33N3O3S. The fraction of sp³-hybridized carbons (Fsp3) is 0.357. The predicted octanol–water partition coefficient (Wildman–Crippen LogP) is 5.55. The van der Waals surface area contributed by atoms with Crippen molar-refractivity contribution in [3.8, 4) is 0 Å². The van der Waals surface area contributed by atoms with Crippen LogP contribution in [0.15, 0.2) is 72.1 Å². The molecule has 2 heterocycles. The van der Waals surface area contributed by atoms with E-state index in [0.717, 1.165) is 41.0 Å². The number of anilines is 1. The molecular weight excluding hydrogens is 458 g/mol. The first-order valence-corrected chi connectivity index (χ1v) is 13.1. The highest BCUT2D eigenvalue weighted by atomic mass is 32.1. The molecule has 0 saturated carbocycles. The maximum absolute atomic E-state index is 13.6. The molecule has 184 valence electrons. The van der Waals surface area contributed by atoms with Gasteiger partial charge in [-0.05, 0) is 54.0 Å². The van der Waals surface area contributed by atoms with E-state index in [1.54, 1.807) is 16.2 Å². The van der Waals surface area contributed by atoms with E-state index < -0.39 is 0 Å². The van der Waals surface area contributed by atoms with E-state index in [0.29, 0.717) is 26.2 Å². The summed E-state index contributed by atoms with van der Waals surface area (Å²) in [4.78, 5) is 31.4. The van der Waals surface area contributed by atoms with Crippen molar-refractivity contribution in [2.24, 2.45) is 0 Å². The molecule has 0 bridgehead atoms. The second-order valence-electron chi connectivity index (χ2n) is 8.81. The molecule has 4 rings (SSSR count). The zero-order valence-electron chi connectivity index (χ0n) is 20.2. The average molecular weight is 492 g/mol. The molecule has 0 aliphatic carbocycles. The normalized spacial score (nSPS) is 15.1. The average Bonchev–Trinajstić information content (AvgIpc) is 3.58. The van der Waals surface area contributed by atoms with Gasteiger partial charge < -0.3 is 19.9 Å². The summed E-state index contributed by atoms with van der Waals surface area (Å²) >= 11 is 1.63. The first-order valence-electron chi connectivity index (χ1n) is 12.2. The summed E-state index contributed by atoms with van der Waals surface area (Å²) in [5, 5.41) is 5.01. The third kappa shape index (κ3) is 7.41. The molecule has 1 aliphatic heterocycles. The van der Waals surface area contributed by atoms with Gasteiger partial charge in [0, 0.05) is 30.3 Å². The Bertz CT molecular complexity index is 1080. The number of urea groups is 1. The zero-order valence-corrected chi connectivity index (χ0v) is 21.0. The fourth-order valence-corrected chi connectivity index (χ4v) is 4.93. The van der Waals surface area contributed by atoms with Crippen molar-refractivity contribution in [3.05, 3.63) is 88.1 Å². The molecule has 1 saturated heterocycles. The predicted molar refractivity (Wildman–Crippen MR) is 140 cm³/mol. The van der Waals surface area contributed by atoms with E-state index in [4.69, 9.17) is 4.74 Å². The SMILES string of the molecule is CCc1cccc(NC(=O)N(CC(=O)N(Cc2ccccc2)Cc2cccs2)CC2CCCO2)c1. The summed E-state index contributed by atoms with van der Waals surface area (Å²) in [6.45, 7) is 4.18. The van der Waals surface area contributed by atoms with Crippen LogP contribution in [0.4, 0.5) is 10.5 Å². The van der Waals surface area contributed by atoms with Crippen molar-refractivity contribution < 1.29 is 14.3 Å². The number of nitrogens with zero attached hydrogens (tertiary/aromatic N) is 2. The molecule has 0 spiro atoms. The quantitative estimate of drug-likeness (QED) is 0.404. The van der Waals surface area contributed by atoms with Crippen LogP contribution in [0.2, 0.25) is 0 Å². The van der Waals surface area contributed by atoms with Gasteiger partial charge in [0.15, 0.2) is 0 Å². The molecule has 7 heteroatoms. The lowest BCUT2D eigenvalue weighted by molar-refractivity contribution is -0.133. The lowest BCUT2D eigenvalue weighted by Crippen LogP contribution is -2.46. The number of ether oxygens (including phenoxy) is 1.